The van der Waals surface area contributed by atoms with Gasteiger partial charge in [0.2, 0.25) is 0 Å². The Bertz CT molecular complexity index is 214. The lowest BCUT2D eigenvalue weighted by Crippen LogP contribution is -2.38. The van der Waals surface area contributed by atoms with Gasteiger partial charge in [-0.3, -0.25) is 0 Å². The zero-order chi connectivity index (χ0) is 12.1. The third-order valence-electron chi connectivity index (χ3n) is 4.17. The quantitative estimate of drug-likeness (QED) is 0.745. The molecule has 0 N–H and O–H groups in total. The molecule has 2 fully saturated rings. The summed E-state index contributed by atoms with van der Waals surface area (Å²) >= 11 is 0. The van der Waals surface area contributed by atoms with Gasteiger partial charge in [-0.25, -0.2) is 0 Å². The summed E-state index contributed by atoms with van der Waals surface area (Å²) in [6.45, 7) is 9.39. The Balaban J connectivity index is 1.56. The second-order valence-corrected chi connectivity index (χ2v) is 5.92. The third kappa shape index (κ3) is 4.57. The van der Waals surface area contributed by atoms with Crippen molar-refractivity contribution in [2.45, 2.75) is 38.7 Å². The minimum Gasteiger partial charge on any atom is -0.377 e. The summed E-state index contributed by atoms with van der Waals surface area (Å²) in [5.74, 6) is 0.882. The predicted molar refractivity (Wildman–Crippen MR) is 71.3 cm³/mol. The Morgan fingerprint density at radius 1 is 1.12 bits per heavy atom. The van der Waals surface area contributed by atoms with Crippen LogP contribution in [-0.4, -0.2) is 62.3 Å². The second-order valence-electron chi connectivity index (χ2n) is 5.92. The molecular formula is C14H28N2O. The topological polar surface area (TPSA) is 15.7 Å². The van der Waals surface area contributed by atoms with Gasteiger partial charge in [-0.1, -0.05) is 6.92 Å². The highest BCUT2D eigenvalue weighted by atomic mass is 16.5. The van der Waals surface area contributed by atoms with Crippen LogP contribution in [0.15, 0.2) is 0 Å². The van der Waals surface area contributed by atoms with Crippen molar-refractivity contribution in [3.8, 4) is 0 Å². The maximum atomic E-state index is 6.00. The molecule has 0 spiro atoms. The molecule has 0 bridgehead atoms. The van der Waals surface area contributed by atoms with Crippen molar-refractivity contribution in [3.63, 3.8) is 0 Å². The van der Waals surface area contributed by atoms with Crippen LogP contribution in [0.3, 0.4) is 0 Å². The van der Waals surface area contributed by atoms with Crippen LogP contribution in [0.2, 0.25) is 0 Å². The van der Waals surface area contributed by atoms with Gasteiger partial charge in [0.25, 0.3) is 0 Å². The van der Waals surface area contributed by atoms with E-state index in [-0.39, 0.29) is 0 Å². The summed E-state index contributed by atoms with van der Waals surface area (Å²) in [5, 5.41) is 0. The van der Waals surface area contributed by atoms with E-state index >= 15 is 0 Å². The minimum absolute atomic E-state index is 0.522. The molecule has 100 valence electrons. The van der Waals surface area contributed by atoms with Gasteiger partial charge >= 0.3 is 0 Å². The Morgan fingerprint density at radius 3 is 2.59 bits per heavy atom. The van der Waals surface area contributed by atoms with E-state index in [1.54, 1.807) is 0 Å². The molecule has 0 aromatic rings. The molecule has 0 unspecified atom stereocenters. The lowest BCUT2D eigenvalue weighted by Gasteiger charge is -2.32. The number of piperidine rings is 2. The van der Waals surface area contributed by atoms with Gasteiger partial charge in [0.05, 0.1) is 12.7 Å². The van der Waals surface area contributed by atoms with Crippen LogP contribution in [-0.2, 0) is 4.74 Å². The number of hydrogen-bond acceptors (Lipinski definition) is 3. The molecule has 2 aliphatic heterocycles. The molecule has 2 rings (SSSR count). The van der Waals surface area contributed by atoms with Crippen LogP contribution in [0.4, 0.5) is 0 Å². The smallest absolute Gasteiger partial charge is 0.0600 e. The molecule has 2 saturated heterocycles. The summed E-state index contributed by atoms with van der Waals surface area (Å²) in [5.41, 5.74) is 0. The van der Waals surface area contributed by atoms with Crippen molar-refractivity contribution < 1.29 is 4.74 Å². The molecule has 0 saturated carbocycles. The molecule has 0 aromatic heterocycles. The van der Waals surface area contributed by atoms with Gasteiger partial charge in [0.15, 0.2) is 0 Å². The largest absolute Gasteiger partial charge is 0.377 e. The molecule has 0 radical (unpaired) electrons. The van der Waals surface area contributed by atoms with Gasteiger partial charge < -0.3 is 14.5 Å². The third-order valence-corrected chi connectivity index (χ3v) is 4.17. The summed E-state index contributed by atoms with van der Waals surface area (Å²) in [6.07, 6.45) is 5.73. The molecule has 1 atom stereocenters. The molecule has 3 heteroatoms. The normalized spacial score (nSPS) is 29.6. The predicted octanol–water partition coefficient (Wildman–Crippen LogP) is 1.83. The summed E-state index contributed by atoms with van der Waals surface area (Å²) < 4.78 is 6.00. The Labute approximate surface area is 106 Å². The van der Waals surface area contributed by atoms with Crippen LogP contribution in [0.25, 0.3) is 0 Å². The van der Waals surface area contributed by atoms with E-state index in [2.05, 4.69) is 23.8 Å². The van der Waals surface area contributed by atoms with Crippen molar-refractivity contribution >= 4 is 0 Å². The van der Waals surface area contributed by atoms with Crippen LogP contribution >= 0.6 is 0 Å². The SMILES string of the molecule is C[C@H]1CCCN(CCOC2CCN(C)CC2)C1. The molecule has 0 aromatic carbocycles. The zero-order valence-corrected chi connectivity index (χ0v) is 11.5. The number of rotatable bonds is 4. The van der Waals surface area contributed by atoms with Crippen molar-refractivity contribution in [3.05, 3.63) is 0 Å². The standard InChI is InChI=1S/C14H28N2O/c1-13-4-3-7-16(12-13)10-11-17-14-5-8-15(2)9-6-14/h13-14H,3-12H2,1-2H3/t13-/m0/s1. The van der Waals surface area contributed by atoms with Crippen LogP contribution in [0.1, 0.15) is 32.6 Å². The summed E-state index contributed by atoms with van der Waals surface area (Å²) in [4.78, 5) is 4.97. The van der Waals surface area contributed by atoms with E-state index in [1.165, 1.54) is 51.9 Å². The molecular weight excluding hydrogens is 212 g/mol. The van der Waals surface area contributed by atoms with Gasteiger partial charge in [0, 0.05) is 26.2 Å². The Hall–Kier alpha value is -0.120. The second kappa shape index (κ2) is 6.72. The first-order valence-electron chi connectivity index (χ1n) is 7.26. The van der Waals surface area contributed by atoms with Gasteiger partial charge in [-0.2, -0.15) is 0 Å². The lowest BCUT2D eigenvalue weighted by molar-refractivity contribution is -0.00113. The highest BCUT2D eigenvalue weighted by molar-refractivity contribution is 4.72. The first-order valence-corrected chi connectivity index (χ1v) is 7.26. The Kier molecular flexibility index (Phi) is 5.26. The minimum atomic E-state index is 0.522. The van der Waals surface area contributed by atoms with Crippen molar-refractivity contribution in [2.75, 3.05) is 46.4 Å². The number of likely N-dealkylation sites (tertiary alicyclic amines) is 2. The maximum absolute atomic E-state index is 6.00. The maximum Gasteiger partial charge on any atom is 0.0600 e. The highest BCUT2D eigenvalue weighted by Gasteiger charge is 2.19. The first kappa shape index (κ1) is 13.3. The van der Waals surface area contributed by atoms with E-state index in [0.717, 1.165) is 19.1 Å². The number of ether oxygens (including phenoxy) is 1. The Morgan fingerprint density at radius 2 is 1.88 bits per heavy atom. The lowest BCUT2D eigenvalue weighted by atomic mass is 10.0. The molecule has 2 aliphatic rings. The fraction of sp³-hybridized carbons (Fsp3) is 1.00. The van der Waals surface area contributed by atoms with E-state index in [1.807, 2.05) is 0 Å². The van der Waals surface area contributed by atoms with E-state index in [4.69, 9.17) is 4.74 Å². The molecule has 3 nitrogen and oxygen atoms in total. The monoisotopic (exact) mass is 240 g/mol. The first-order chi connectivity index (χ1) is 8.24. The van der Waals surface area contributed by atoms with Crippen LogP contribution in [0.5, 0.6) is 0 Å². The molecule has 17 heavy (non-hydrogen) atoms. The molecule has 2 heterocycles. The fourth-order valence-electron chi connectivity index (χ4n) is 2.99. The zero-order valence-electron chi connectivity index (χ0n) is 11.5. The van der Waals surface area contributed by atoms with E-state index < -0.39 is 0 Å². The number of nitrogens with zero attached hydrogens (tertiary/aromatic N) is 2. The van der Waals surface area contributed by atoms with Gasteiger partial charge in [-0.05, 0) is 45.2 Å². The van der Waals surface area contributed by atoms with Gasteiger partial charge in [-0.15, -0.1) is 0 Å². The van der Waals surface area contributed by atoms with E-state index in [0.29, 0.717) is 6.10 Å². The van der Waals surface area contributed by atoms with Crippen molar-refractivity contribution in [1.29, 1.82) is 0 Å². The van der Waals surface area contributed by atoms with Crippen molar-refractivity contribution in [1.82, 2.24) is 9.80 Å². The average molecular weight is 240 g/mol. The molecule has 0 aliphatic carbocycles. The van der Waals surface area contributed by atoms with Gasteiger partial charge in [0.1, 0.15) is 0 Å². The van der Waals surface area contributed by atoms with Crippen molar-refractivity contribution in [2.24, 2.45) is 5.92 Å². The average Bonchev–Trinajstić information content (AvgIpc) is 2.32. The van der Waals surface area contributed by atoms with Crippen LogP contribution in [0, 0.1) is 5.92 Å². The molecule has 0 amide bonds. The van der Waals surface area contributed by atoms with Crippen LogP contribution < -0.4 is 0 Å². The summed E-state index contributed by atoms with van der Waals surface area (Å²) in [6, 6.07) is 0. The number of hydrogen-bond donors (Lipinski definition) is 0. The fourth-order valence-corrected chi connectivity index (χ4v) is 2.99. The highest BCUT2D eigenvalue weighted by Crippen LogP contribution is 2.16. The van der Waals surface area contributed by atoms with E-state index in [9.17, 15) is 0 Å². The summed E-state index contributed by atoms with van der Waals surface area (Å²) in [7, 11) is 2.20.